The summed E-state index contributed by atoms with van der Waals surface area (Å²) in [6, 6.07) is 23.8. The summed E-state index contributed by atoms with van der Waals surface area (Å²) in [6.45, 7) is 0.673. The lowest BCUT2D eigenvalue weighted by atomic mass is 9.66. The second kappa shape index (κ2) is 7.10. The number of β-lactam (4-membered cyclic amide) rings is 1. The molecule has 0 aliphatic carbocycles. The van der Waals surface area contributed by atoms with Crippen LogP contribution in [0.5, 0.6) is 17.2 Å². The van der Waals surface area contributed by atoms with E-state index in [-0.39, 0.29) is 5.91 Å². The Morgan fingerprint density at radius 1 is 0.867 bits per heavy atom. The van der Waals surface area contributed by atoms with Crippen LogP contribution in [-0.2, 0) is 16.8 Å². The fourth-order valence-corrected chi connectivity index (χ4v) is 4.76. The molecule has 0 N–H and O–H groups in total. The Bertz CT molecular complexity index is 1080. The molecule has 2 atom stereocenters. The highest BCUT2D eigenvalue weighted by molar-refractivity contribution is 5.94. The topological polar surface area (TPSA) is 48.0 Å². The van der Waals surface area contributed by atoms with Crippen LogP contribution in [-0.4, -0.2) is 37.7 Å². The van der Waals surface area contributed by atoms with Crippen molar-refractivity contribution in [2.24, 2.45) is 0 Å². The fraction of sp³-hybridized carbons (Fsp3) is 0.240. The van der Waals surface area contributed by atoms with Crippen LogP contribution in [0.3, 0.4) is 0 Å². The van der Waals surface area contributed by atoms with Gasteiger partial charge in [-0.05, 0) is 23.1 Å². The van der Waals surface area contributed by atoms with Gasteiger partial charge in [0.1, 0.15) is 22.8 Å². The largest absolute Gasteiger partial charge is 0.496 e. The fourth-order valence-electron chi connectivity index (χ4n) is 4.76. The molecule has 2 unspecified atom stereocenters. The molecule has 152 valence electrons. The number of carbonyl (C=O) groups is 1. The van der Waals surface area contributed by atoms with E-state index >= 15 is 0 Å². The van der Waals surface area contributed by atoms with E-state index in [4.69, 9.17) is 14.2 Å². The van der Waals surface area contributed by atoms with Crippen molar-refractivity contribution < 1.29 is 19.0 Å². The number of hydrogen-bond acceptors (Lipinski definition) is 4. The van der Waals surface area contributed by atoms with Crippen molar-refractivity contribution in [1.29, 1.82) is 0 Å². The molecule has 5 heteroatoms. The molecule has 2 aliphatic heterocycles. The van der Waals surface area contributed by atoms with E-state index in [1.54, 1.807) is 32.4 Å². The van der Waals surface area contributed by atoms with Crippen molar-refractivity contribution in [3.05, 3.63) is 89.5 Å². The lowest BCUT2D eigenvalue weighted by molar-refractivity contribution is -0.178. The Morgan fingerprint density at radius 3 is 2.20 bits per heavy atom. The number of fused-ring (bicyclic) bond motifs is 3. The predicted octanol–water partition coefficient (Wildman–Crippen LogP) is 3.79. The maximum Gasteiger partial charge on any atom is 0.268 e. The van der Waals surface area contributed by atoms with Crippen molar-refractivity contribution in [3.63, 3.8) is 0 Å². The number of rotatable bonds is 5. The number of carbonyl (C=O) groups excluding carboxylic acids is 1. The van der Waals surface area contributed by atoms with E-state index in [9.17, 15) is 4.79 Å². The third-order valence-corrected chi connectivity index (χ3v) is 6.12. The summed E-state index contributed by atoms with van der Waals surface area (Å²) in [4.78, 5) is 15.2. The molecule has 5 rings (SSSR count). The number of ether oxygens (including phenoxy) is 3. The van der Waals surface area contributed by atoms with E-state index < -0.39 is 11.6 Å². The molecule has 3 aromatic carbocycles. The van der Waals surface area contributed by atoms with Crippen LogP contribution in [0, 0.1) is 0 Å². The molecule has 0 aromatic heterocycles. The number of nitrogens with zero attached hydrogens (tertiary/aromatic N) is 1. The highest BCUT2D eigenvalue weighted by atomic mass is 16.5. The van der Waals surface area contributed by atoms with Gasteiger partial charge in [0.15, 0.2) is 0 Å². The molecule has 5 nitrogen and oxygen atoms in total. The zero-order chi connectivity index (χ0) is 20.7. The molecular formula is C25H23NO4. The summed E-state index contributed by atoms with van der Waals surface area (Å²) in [5.74, 6) is 1.77. The van der Waals surface area contributed by atoms with Gasteiger partial charge < -0.3 is 19.1 Å². The molecule has 1 fully saturated rings. The zero-order valence-electron chi connectivity index (χ0n) is 17.0. The van der Waals surface area contributed by atoms with Crippen molar-refractivity contribution >= 4 is 5.91 Å². The molecule has 2 heterocycles. The summed E-state index contributed by atoms with van der Waals surface area (Å²) in [5.41, 5.74) is 2.78. The molecule has 1 saturated heterocycles. The van der Waals surface area contributed by atoms with Crippen LogP contribution >= 0.6 is 0 Å². The lowest BCUT2D eigenvalue weighted by Crippen LogP contribution is -2.76. The first-order valence-electron chi connectivity index (χ1n) is 10.0. The first kappa shape index (κ1) is 18.6. The lowest BCUT2D eigenvalue weighted by Gasteiger charge is -2.59. The second-order valence-electron chi connectivity index (χ2n) is 7.58. The van der Waals surface area contributed by atoms with Gasteiger partial charge in [0.25, 0.3) is 5.91 Å². The number of hydrogen-bond donors (Lipinski definition) is 0. The molecule has 0 saturated carbocycles. The zero-order valence-corrected chi connectivity index (χ0v) is 17.0. The normalized spacial score (nSPS) is 21.9. The van der Waals surface area contributed by atoms with Crippen LogP contribution in [0.2, 0.25) is 0 Å². The summed E-state index contributed by atoms with van der Waals surface area (Å²) in [5, 5.41) is 0. The van der Waals surface area contributed by atoms with Crippen molar-refractivity contribution in [3.8, 4) is 17.2 Å². The number of methoxy groups -OCH3 is 2. The predicted molar refractivity (Wildman–Crippen MR) is 113 cm³/mol. The van der Waals surface area contributed by atoms with Gasteiger partial charge in [-0.15, -0.1) is 0 Å². The van der Waals surface area contributed by atoms with Crippen LogP contribution < -0.4 is 14.2 Å². The summed E-state index contributed by atoms with van der Waals surface area (Å²) in [6.07, 6.45) is 0.175. The quantitative estimate of drug-likeness (QED) is 0.611. The molecule has 3 aromatic rings. The van der Waals surface area contributed by atoms with Gasteiger partial charge >= 0.3 is 0 Å². The molecule has 1 amide bonds. The van der Waals surface area contributed by atoms with Crippen LogP contribution in [0.15, 0.2) is 72.8 Å². The van der Waals surface area contributed by atoms with E-state index in [1.807, 2.05) is 29.2 Å². The third-order valence-electron chi connectivity index (χ3n) is 6.12. The minimum absolute atomic E-state index is 0.00450. The van der Waals surface area contributed by atoms with E-state index in [1.165, 1.54) is 5.56 Å². The van der Waals surface area contributed by atoms with Gasteiger partial charge in [0, 0.05) is 24.7 Å². The summed E-state index contributed by atoms with van der Waals surface area (Å²) < 4.78 is 17.1. The third kappa shape index (κ3) is 2.58. The van der Waals surface area contributed by atoms with Gasteiger partial charge in [0.2, 0.25) is 6.10 Å². The first-order chi connectivity index (χ1) is 14.7. The van der Waals surface area contributed by atoms with Crippen LogP contribution in [0.1, 0.15) is 16.7 Å². The standard InChI is InChI=1S/C25H23NO4/c1-28-19-14-20(29-2)16-21(15-19)30-23-24(27)26-13-12-17-8-6-7-11-22(17)25(23,26)18-9-4-3-5-10-18/h3-11,14-16,23H,12-13H2,1-2H3. The highest BCUT2D eigenvalue weighted by Gasteiger charge is 2.65. The van der Waals surface area contributed by atoms with E-state index in [2.05, 4.69) is 30.3 Å². The first-order valence-corrected chi connectivity index (χ1v) is 10.0. The maximum atomic E-state index is 13.2. The van der Waals surface area contributed by atoms with Gasteiger partial charge in [-0.1, -0.05) is 54.6 Å². The minimum Gasteiger partial charge on any atom is -0.496 e. The maximum absolute atomic E-state index is 13.2. The Morgan fingerprint density at radius 2 is 1.50 bits per heavy atom. The highest BCUT2D eigenvalue weighted by Crippen LogP contribution is 2.52. The molecule has 0 bridgehead atoms. The SMILES string of the molecule is COc1cc(OC)cc(OC2C(=O)N3CCc4ccccc4C23c2ccccc2)c1. The Labute approximate surface area is 175 Å². The minimum atomic E-state index is -0.668. The van der Waals surface area contributed by atoms with Crippen LogP contribution in [0.25, 0.3) is 0 Å². The second-order valence-corrected chi connectivity index (χ2v) is 7.58. The summed E-state index contributed by atoms with van der Waals surface area (Å²) >= 11 is 0. The van der Waals surface area contributed by atoms with Crippen molar-refractivity contribution in [2.75, 3.05) is 20.8 Å². The average Bonchev–Trinajstić information content (AvgIpc) is 2.81. The van der Waals surface area contributed by atoms with Gasteiger partial charge in [-0.25, -0.2) is 0 Å². The molecule has 0 spiro atoms. The van der Waals surface area contributed by atoms with Gasteiger partial charge in [-0.3, -0.25) is 4.79 Å². The molecule has 30 heavy (non-hydrogen) atoms. The average molecular weight is 401 g/mol. The van der Waals surface area contributed by atoms with Crippen molar-refractivity contribution in [1.82, 2.24) is 4.90 Å². The van der Waals surface area contributed by atoms with Crippen LogP contribution in [0.4, 0.5) is 0 Å². The van der Waals surface area contributed by atoms with E-state index in [0.29, 0.717) is 23.8 Å². The summed E-state index contributed by atoms with van der Waals surface area (Å²) in [7, 11) is 3.19. The Hall–Kier alpha value is -3.47. The number of amides is 1. The molecular weight excluding hydrogens is 378 g/mol. The Kier molecular flexibility index (Phi) is 4.39. The smallest absolute Gasteiger partial charge is 0.268 e. The Balaban J connectivity index is 1.65. The number of benzene rings is 3. The van der Waals surface area contributed by atoms with Crippen molar-refractivity contribution in [2.45, 2.75) is 18.1 Å². The molecule has 0 radical (unpaired) electrons. The van der Waals surface area contributed by atoms with E-state index in [0.717, 1.165) is 17.5 Å². The monoisotopic (exact) mass is 401 g/mol. The van der Waals surface area contributed by atoms with Gasteiger partial charge in [0.05, 0.1) is 14.2 Å². The molecule has 2 aliphatic rings. The van der Waals surface area contributed by atoms with Gasteiger partial charge in [-0.2, -0.15) is 0 Å².